The first kappa shape index (κ1) is 15.1. The van der Waals surface area contributed by atoms with E-state index in [0.29, 0.717) is 30.2 Å². The van der Waals surface area contributed by atoms with Crippen molar-refractivity contribution in [1.29, 1.82) is 0 Å². The van der Waals surface area contributed by atoms with E-state index < -0.39 is 0 Å². The largest absolute Gasteiger partial charge is 0.347 e. The summed E-state index contributed by atoms with van der Waals surface area (Å²) in [5.41, 5.74) is 0.489. The summed E-state index contributed by atoms with van der Waals surface area (Å²) in [5, 5.41) is 5.28. The second kappa shape index (κ2) is 5.59. The van der Waals surface area contributed by atoms with Crippen molar-refractivity contribution in [3.63, 3.8) is 0 Å². The fourth-order valence-corrected chi connectivity index (χ4v) is 3.11. The van der Waals surface area contributed by atoms with Crippen molar-refractivity contribution in [2.45, 2.75) is 32.9 Å². The normalized spacial score (nSPS) is 14.4. The van der Waals surface area contributed by atoms with Gasteiger partial charge in [0.2, 0.25) is 0 Å². The number of aromatic nitrogens is 5. The zero-order valence-electron chi connectivity index (χ0n) is 13.5. The van der Waals surface area contributed by atoms with Gasteiger partial charge >= 0.3 is 0 Å². The number of hydrogen-bond donors (Lipinski definition) is 0. The number of halogens is 1. The Kier molecular flexibility index (Phi) is 3.53. The minimum Gasteiger partial charge on any atom is -0.347 e. The van der Waals surface area contributed by atoms with Gasteiger partial charge in [0.15, 0.2) is 11.3 Å². The van der Waals surface area contributed by atoms with Crippen LogP contribution in [0.2, 0.25) is 5.02 Å². The van der Waals surface area contributed by atoms with Crippen LogP contribution in [0.15, 0.2) is 29.3 Å². The zero-order valence-corrected chi connectivity index (χ0v) is 14.2. The van der Waals surface area contributed by atoms with Crippen molar-refractivity contribution >= 4 is 22.9 Å². The second-order valence-corrected chi connectivity index (χ2v) is 6.63. The summed E-state index contributed by atoms with van der Waals surface area (Å²) in [4.78, 5) is 23.5. The molecule has 3 aromatic rings. The standard InChI is InChI=1S/C16H17ClN6O/c1-10(2)15-19-8-12-16(24)22-6-5-21(9-14(22)20-23(12)15)13-4-3-11(17)7-18-13/h3-4,7-8,10H,5-6,9H2,1-2H3. The van der Waals surface area contributed by atoms with E-state index in [4.69, 9.17) is 11.6 Å². The number of anilines is 1. The third kappa shape index (κ3) is 2.36. The van der Waals surface area contributed by atoms with Crippen molar-refractivity contribution in [2.24, 2.45) is 0 Å². The third-order valence-corrected chi connectivity index (χ3v) is 4.46. The maximum absolute atomic E-state index is 12.7. The van der Waals surface area contributed by atoms with Crippen molar-refractivity contribution in [3.8, 4) is 0 Å². The molecule has 0 fully saturated rings. The van der Waals surface area contributed by atoms with Gasteiger partial charge in [-0.05, 0) is 12.1 Å². The molecular formula is C16H17ClN6O. The molecule has 0 spiro atoms. The summed E-state index contributed by atoms with van der Waals surface area (Å²) in [6.07, 6.45) is 3.24. The molecule has 0 N–H and O–H groups in total. The van der Waals surface area contributed by atoms with Crippen LogP contribution in [0, 0.1) is 0 Å². The molecule has 4 rings (SSSR count). The summed E-state index contributed by atoms with van der Waals surface area (Å²) in [5.74, 6) is 2.54. The van der Waals surface area contributed by atoms with Crippen LogP contribution in [-0.2, 0) is 13.1 Å². The minimum atomic E-state index is -0.0388. The maximum atomic E-state index is 12.7. The van der Waals surface area contributed by atoms with Crippen molar-refractivity contribution in [2.75, 3.05) is 11.4 Å². The van der Waals surface area contributed by atoms with E-state index in [2.05, 4.69) is 20.0 Å². The maximum Gasteiger partial charge on any atom is 0.279 e. The molecule has 0 amide bonds. The first-order valence-corrected chi connectivity index (χ1v) is 8.26. The predicted octanol–water partition coefficient (Wildman–Crippen LogP) is 2.08. The molecule has 0 radical (unpaired) electrons. The Morgan fingerprint density at radius 1 is 1.17 bits per heavy atom. The molecule has 0 aromatic carbocycles. The quantitative estimate of drug-likeness (QED) is 0.712. The SMILES string of the molecule is CC(C)c1ncc2c(=O)n3c(nn12)CN(c1ccc(Cl)cn1)CC3. The monoisotopic (exact) mass is 344 g/mol. The van der Waals surface area contributed by atoms with E-state index in [0.717, 1.165) is 17.5 Å². The van der Waals surface area contributed by atoms with Crippen LogP contribution in [0.25, 0.3) is 5.52 Å². The number of hydrogen-bond acceptors (Lipinski definition) is 5. The summed E-state index contributed by atoms with van der Waals surface area (Å²) >= 11 is 5.90. The van der Waals surface area contributed by atoms with Gasteiger partial charge in [0.1, 0.15) is 11.6 Å². The van der Waals surface area contributed by atoms with Crippen LogP contribution in [-0.4, -0.2) is 30.7 Å². The molecule has 0 saturated carbocycles. The molecule has 0 saturated heterocycles. The van der Waals surface area contributed by atoms with Gasteiger partial charge < -0.3 is 4.90 Å². The Bertz CT molecular complexity index is 959. The average Bonchev–Trinajstić information content (AvgIpc) is 2.99. The van der Waals surface area contributed by atoms with E-state index in [-0.39, 0.29) is 11.5 Å². The number of imidazole rings is 1. The van der Waals surface area contributed by atoms with Gasteiger partial charge in [0.05, 0.1) is 17.8 Å². The molecule has 4 heterocycles. The minimum absolute atomic E-state index is 0.0388. The lowest BCUT2D eigenvalue weighted by molar-refractivity contribution is 0.508. The number of rotatable bonds is 2. The first-order chi connectivity index (χ1) is 11.5. The lowest BCUT2D eigenvalue weighted by atomic mass is 10.2. The van der Waals surface area contributed by atoms with Crippen LogP contribution in [0.4, 0.5) is 5.82 Å². The lowest BCUT2D eigenvalue weighted by Gasteiger charge is -2.29. The van der Waals surface area contributed by atoms with Crippen molar-refractivity contribution < 1.29 is 0 Å². The molecule has 24 heavy (non-hydrogen) atoms. The number of pyridine rings is 1. The van der Waals surface area contributed by atoms with Crippen molar-refractivity contribution in [3.05, 3.63) is 51.6 Å². The topological polar surface area (TPSA) is 68.3 Å². The van der Waals surface area contributed by atoms with E-state index in [1.807, 2.05) is 26.0 Å². The molecule has 0 atom stereocenters. The lowest BCUT2D eigenvalue weighted by Crippen LogP contribution is -2.41. The number of nitrogens with zero attached hydrogens (tertiary/aromatic N) is 6. The second-order valence-electron chi connectivity index (χ2n) is 6.20. The summed E-state index contributed by atoms with van der Waals surface area (Å²) in [7, 11) is 0. The highest BCUT2D eigenvalue weighted by atomic mass is 35.5. The summed E-state index contributed by atoms with van der Waals surface area (Å²) in [6, 6.07) is 3.69. The molecule has 0 unspecified atom stereocenters. The Balaban J connectivity index is 1.78. The van der Waals surface area contributed by atoms with Crippen LogP contribution < -0.4 is 10.5 Å². The molecule has 1 aliphatic rings. The number of fused-ring (bicyclic) bond motifs is 2. The van der Waals surface area contributed by atoms with Gasteiger partial charge in [-0.2, -0.15) is 5.10 Å². The van der Waals surface area contributed by atoms with Gasteiger partial charge in [0.25, 0.3) is 5.56 Å². The van der Waals surface area contributed by atoms with E-state index in [9.17, 15) is 4.79 Å². The van der Waals surface area contributed by atoms with E-state index >= 15 is 0 Å². The highest BCUT2D eigenvalue weighted by Gasteiger charge is 2.23. The average molecular weight is 345 g/mol. The Labute approximate surface area is 143 Å². The van der Waals surface area contributed by atoms with Gasteiger partial charge in [-0.3, -0.25) is 9.36 Å². The van der Waals surface area contributed by atoms with Gasteiger partial charge in [-0.1, -0.05) is 25.4 Å². The van der Waals surface area contributed by atoms with E-state index in [1.165, 1.54) is 0 Å². The summed E-state index contributed by atoms with van der Waals surface area (Å²) < 4.78 is 3.41. The van der Waals surface area contributed by atoms with Crippen LogP contribution >= 0.6 is 11.6 Å². The van der Waals surface area contributed by atoms with Gasteiger partial charge in [-0.25, -0.2) is 14.5 Å². The molecule has 0 aliphatic carbocycles. The smallest absolute Gasteiger partial charge is 0.279 e. The fourth-order valence-electron chi connectivity index (χ4n) is 3.00. The van der Waals surface area contributed by atoms with Crippen molar-refractivity contribution in [1.82, 2.24) is 24.1 Å². The van der Waals surface area contributed by atoms with Gasteiger partial charge in [-0.15, -0.1) is 0 Å². The highest BCUT2D eigenvalue weighted by Crippen LogP contribution is 2.20. The summed E-state index contributed by atoms with van der Waals surface area (Å²) in [6.45, 7) is 5.87. The van der Waals surface area contributed by atoms with E-state index in [1.54, 1.807) is 21.5 Å². The Hall–Kier alpha value is -2.41. The molecule has 1 aliphatic heterocycles. The molecule has 7 nitrogen and oxygen atoms in total. The molecule has 3 aromatic heterocycles. The fraction of sp³-hybridized carbons (Fsp3) is 0.375. The van der Waals surface area contributed by atoms with Crippen LogP contribution in [0.1, 0.15) is 31.4 Å². The zero-order chi connectivity index (χ0) is 16.8. The van der Waals surface area contributed by atoms with Crippen LogP contribution in [0.3, 0.4) is 0 Å². The molecule has 124 valence electrons. The highest BCUT2D eigenvalue weighted by molar-refractivity contribution is 6.30. The molecular weight excluding hydrogens is 328 g/mol. The Morgan fingerprint density at radius 2 is 2.00 bits per heavy atom. The van der Waals surface area contributed by atoms with Crippen LogP contribution in [0.5, 0.6) is 0 Å². The molecule has 0 bridgehead atoms. The first-order valence-electron chi connectivity index (χ1n) is 7.88. The molecule has 8 heteroatoms. The Morgan fingerprint density at radius 3 is 2.71 bits per heavy atom. The predicted molar refractivity (Wildman–Crippen MR) is 91.6 cm³/mol. The third-order valence-electron chi connectivity index (χ3n) is 4.23. The van der Waals surface area contributed by atoms with Gasteiger partial charge in [0, 0.05) is 25.2 Å².